The Morgan fingerprint density at radius 1 is 0.975 bits per heavy atom. The molecule has 1 aliphatic heterocycles. The van der Waals surface area contributed by atoms with E-state index in [1.165, 1.54) is 4.90 Å². The molecule has 2 aromatic heterocycles. The second kappa shape index (κ2) is 10.1. The number of Topliss-reactive ketones (excluding diaryl/α,β-unsaturated/α-hetero) is 1. The minimum atomic E-state index is -0.904. The third kappa shape index (κ3) is 4.49. The Labute approximate surface area is 230 Å². The second-order valence-electron chi connectivity index (χ2n) is 9.79. The molecule has 1 unspecified atom stereocenters. The fourth-order valence-corrected chi connectivity index (χ4v) is 4.99. The maximum absolute atomic E-state index is 13.5. The van der Waals surface area contributed by atoms with Crippen LogP contribution in [0, 0.1) is 13.8 Å². The molecule has 3 heterocycles. The van der Waals surface area contributed by atoms with Gasteiger partial charge in [-0.25, -0.2) is 4.98 Å². The predicted octanol–water partition coefficient (Wildman–Crippen LogP) is 5.78. The summed E-state index contributed by atoms with van der Waals surface area (Å²) in [4.78, 5) is 40.1. The van der Waals surface area contributed by atoms with Crippen LogP contribution >= 0.6 is 0 Å². The molecule has 3 aromatic carbocycles. The number of ketones is 1. The fraction of sp³-hybridized carbons (Fsp3) is 0.125. The van der Waals surface area contributed by atoms with Gasteiger partial charge in [-0.05, 0) is 78.6 Å². The number of nitrogens with zero attached hydrogens (tertiary/aromatic N) is 3. The predicted molar refractivity (Wildman–Crippen MR) is 152 cm³/mol. The summed E-state index contributed by atoms with van der Waals surface area (Å²) in [5.41, 5.74) is 5.25. The fourth-order valence-electron chi connectivity index (χ4n) is 4.99. The number of hydrogen-bond donors (Lipinski definition) is 2. The zero-order chi connectivity index (χ0) is 27.8. The zero-order valence-corrected chi connectivity index (χ0v) is 22.0. The number of aliphatic hydroxyl groups is 1. The zero-order valence-electron chi connectivity index (χ0n) is 22.0. The molecular weight excluding hydrogens is 504 g/mol. The molecule has 2 N–H and O–H groups in total. The highest BCUT2D eigenvalue weighted by molar-refractivity contribution is 6.51. The maximum Gasteiger partial charge on any atom is 0.302 e. The molecule has 8 heteroatoms. The highest BCUT2D eigenvalue weighted by Gasteiger charge is 2.48. The molecule has 0 bridgehead atoms. The van der Waals surface area contributed by atoms with Crippen LogP contribution < -0.4 is 9.64 Å². The van der Waals surface area contributed by atoms with Crippen molar-refractivity contribution in [1.82, 2.24) is 15.0 Å². The number of carbonyl (C=O) groups excluding carboxylic acids is 2. The molecule has 0 saturated carbocycles. The van der Waals surface area contributed by atoms with Crippen molar-refractivity contribution in [3.8, 4) is 5.75 Å². The number of aliphatic hydroxyl groups excluding tert-OH is 1. The molecule has 6 rings (SSSR count). The van der Waals surface area contributed by atoms with E-state index >= 15 is 0 Å². The molecule has 1 atom stereocenters. The SMILES string of the molecule is Cc1ccc2nc(N3C(=O)C(=O)/C(=C(/O)c4ccc(OCc5ccccc5)c(C)c4)C3c3ccncc3)[nH]c2c1. The number of rotatable bonds is 6. The van der Waals surface area contributed by atoms with Crippen molar-refractivity contribution in [2.75, 3.05) is 4.90 Å². The first-order valence-electron chi connectivity index (χ1n) is 12.9. The molecule has 1 saturated heterocycles. The van der Waals surface area contributed by atoms with Gasteiger partial charge in [0.1, 0.15) is 18.1 Å². The Bertz CT molecular complexity index is 1780. The number of pyridine rings is 1. The van der Waals surface area contributed by atoms with Crippen LogP contribution in [0.2, 0.25) is 0 Å². The van der Waals surface area contributed by atoms with Gasteiger partial charge in [-0.1, -0.05) is 36.4 Å². The van der Waals surface area contributed by atoms with Gasteiger partial charge in [-0.3, -0.25) is 19.5 Å². The van der Waals surface area contributed by atoms with Crippen molar-refractivity contribution >= 4 is 34.4 Å². The number of H-pyrrole nitrogens is 1. The van der Waals surface area contributed by atoms with Crippen molar-refractivity contribution in [2.24, 2.45) is 0 Å². The first-order chi connectivity index (χ1) is 19.4. The van der Waals surface area contributed by atoms with Gasteiger partial charge in [0, 0.05) is 18.0 Å². The van der Waals surface area contributed by atoms with Crippen LogP contribution in [0.25, 0.3) is 16.8 Å². The summed E-state index contributed by atoms with van der Waals surface area (Å²) in [6, 6.07) is 23.2. The standard InChI is InChI=1S/C32H26N4O4/c1-19-8-10-24-25(16-19)35-32(34-24)36-28(22-12-14-33-15-13-22)27(30(38)31(36)39)29(37)23-9-11-26(20(2)17-23)40-18-21-6-4-3-5-7-21/h3-17,28,37H,18H2,1-2H3,(H,34,35)/b29-27+. The molecule has 0 spiro atoms. The molecule has 40 heavy (non-hydrogen) atoms. The Morgan fingerprint density at radius 3 is 2.50 bits per heavy atom. The van der Waals surface area contributed by atoms with Crippen LogP contribution in [0.3, 0.4) is 0 Å². The minimum absolute atomic E-state index is 0.0230. The van der Waals surface area contributed by atoms with Crippen molar-refractivity contribution in [2.45, 2.75) is 26.5 Å². The highest BCUT2D eigenvalue weighted by Crippen LogP contribution is 2.42. The lowest BCUT2D eigenvalue weighted by atomic mass is 9.95. The molecule has 0 aliphatic carbocycles. The number of aryl methyl sites for hydroxylation is 2. The summed E-state index contributed by atoms with van der Waals surface area (Å²) < 4.78 is 5.98. The highest BCUT2D eigenvalue weighted by atomic mass is 16.5. The van der Waals surface area contributed by atoms with Gasteiger partial charge < -0.3 is 14.8 Å². The largest absolute Gasteiger partial charge is 0.507 e. The van der Waals surface area contributed by atoms with Crippen LogP contribution in [-0.2, 0) is 16.2 Å². The molecule has 0 radical (unpaired) electrons. The van der Waals surface area contributed by atoms with E-state index in [9.17, 15) is 14.7 Å². The van der Waals surface area contributed by atoms with Gasteiger partial charge in [-0.2, -0.15) is 0 Å². The number of imidazole rings is 1. The number of anilines is 1. The van der Waals surface area contributed by atoms with Gasteiger partial charge in [0.2, 0.25) is 5.95 Å². The van der Waals surface area contributed by atoms with E-state index in [1.807, 2.05) is 62.4 Å². The molecule has 1 amide bonds. The summed E-state index contributed by atoms with van der Waals surface area (Å²) in [5.74, 6) is -0.961. The average molecular weight is 531 g/mol. The van der Waals surface area contributed by atoms with Gasteiger partial charge in [0.15, 0.2) is 0 Å². The van der Waals surface area contributed by atoms with Crippen LogP contribution in [0.5, 0.6) is 5.75 Å². The second-order valence-corrected chi connectivity index (χ2v) is 9.79. The molecule has 5 aromatic rings. The number of aromatic amines is 1. The Hall–Kier alpha value is -5.24. The third-order valence-electron chi connectivity index (χ3n) is 7.00. The van der Waals surface area contributed by atoms with Crippen molar-refractivity contribution in [3.05, 3.63) is 125 Å². The van der Waals surface area contributed by atoms with Gasteiger partial charge in [0.05, 0.1) is 22.6 Å². The number of aromatic nitrogens is 3. The summed E-state index contributed by atoms with van der Waals surface area (Å²) >= 11 is 0. The van der Waals surface area contributed by atoms with E-state index in [0.717, 1.165) is 22.2 Å². The third-order valence-corrected chi connectivity index (χ3v) is 7.00. The van der Waals surface area contributed by atoms with Crippen molar-refractivity contribution < 1.29 is 19.4 Å². The number of fused-ring (bicyclic) bond motifs is 1. The lowest BCUT2D eigenvalue weighted by Crippen LogP contribution is -2.30. The Morgan fingerprint density at radius 2 is 1.75 bits per heavy atom. The van der Waals surface area contributed by atoms with E-state index in [2.05, 4.69) is 15.0 Å². The molecular formula is C32H26N4O4. The quantitative estimate of drug-likeness (QED) is 0.164. The van der Waals surface area contributed by atoms with Gasteiger partial charge in [-0.15, -0.1) is 0 Å². The first kappa shape index (κ1) is 25.1. The lowest BCUT2D eigenvalue weighted by molar-refractivity contribution is -0.132. The van der Waals surface area contributed by atoms with E-state index in [0.29, 0.717) is 29.0 Å². The van der Waals surface area contributed by atoms with E-state index in [4.69, 9.17) is 4.74 Å². The number of benzene rings is 3. The minimum Gasteiger partial charge on any atom is -0.507 e. The summed E-state index contributed by atoms with van der Waals surface area (Å²) in [7, 11) is 0. The molecule has 1 aliphatic rings. The monoisotopic (exact) mass is 530 g/mol. The molecule has 1 fully saturated rings. The molecule has 198 valence electrons. The average Bonchev–Trinajstić information content (AvgIpc) is 3.50. The van der Waals surface area contributed by atoms with Crippen LogP contribution in [-0.4, -0.2) is 31.7 Å². The van der Waals surface area contributed by atoms with Gasteiger partial charge in [0.25, 0.3) is 5.78 Å². The van der Waals surface area contributed by atoms with Crippen LogP contribution in [0.4, 0.5) is 5.95 Å². The van der Waals surface area contributed by atoms with E-state index < -0.39 is 17.7 Å². The number of ether oxygens (including phenoxy) is 1. The smallest absolute Gasteiger partial charge is 0.302 e. The number of nitrogens with one attached hydrogen (secondary N) is 1. The summed E-state index contributed by atoms with van der Waals surface area (Å²) in [6.07, 6.45) is 3.17. The topological polar surface area (TPSA) is 108 Å². The Balaban J connectivity index is 1.41. The number of amides is 1. The van der Waals surface area contributed by atoms with Crippen molar-refractivity contribution in [3.63, 3.8) is 0 Å². The van der Waals surface area contributed by atoms with Gasteiger partial charge >= 0.3 is 5.91 Å². The lowest BCUT2D eigenvalue weighted by Gasteiger charge is -2.23. The van der Waals surface area contributed by atoms with Crippen LogP contribution in [0.15, 0.2) is 96.8 Å². The van der Waals surface area contributed by atoms with E-state index in [1.54, 1.807) is 42.7 Å². The maximum atomic E-state index is 13.5. The number of hydrogen-bond acceptors (Lipinski definition) is 6. The Kier molecular flexibility index (Phi) is 6.36. The molecule has 8 nitrogen and oxygen atoms in total. The normalized spacial score (nSPS) is 16.6. The summed E-state index contributed by atoms with van der Waals surface area (Å²) in [5, 5.41) is 11.5. The van der Waals surface area contributed by atoms with E-state index in [-0.39, 0.29) is 17.3 Å². The van der Waals surface area contributed by atoms with Crippen molar-refractivity contribution in [1.29, 1.82) is 0 Å². The first-order valence-corrected chi connectivity index (χ1v) is 12.9. The number of carbonyl (C=O) groups is 2. The summed E-state index contributed by atoms with van der Waals surface area (Å²) in [6.45, 7) is 4.23. The van der Waals surface area contributed by atoms with Crippen LogP contribution in [0.1, 0.15) is 33.9 Å².